The number of nitrogens with zero attached hydrogens (tertiary/aromatic N) is 1. The standard InChI is InChI=1S/C12H10BrClN2O/c1-17-9-3-4-11(10(14)6-9)16-12-5-2-8(13)7-15-12/h2-7H,1H3,(H,15,16). The molecule has 3 nitrogen and oxygen atoms in total. The zero-order valence-corrected chi connectivity index (χ0v) is 11.4. The highest BCUT2D eigenvalue weighted by atomic mass is 79.9. The largest absolute Gasteiger partial charge is 0.497 e. The molecular formula is C12H10BrClN2O. The number of pyridine rings is 1. The fourth-order valence-electron chi connectivity index (χ4n) is 1.31. The van der Waals surface area contributed by atoms with Crippen LogP contribution in [-0.4, -0.2) is 12.1 Å². The van der Waals surface area contributed by atoms with Crippen LogP contribution in [0.5, 0.6) is 5.75 Å². The maximum Gasteiger partial charge on any atom is 0.130 e. The molecule has 0 bridgehead atoms. The summed E-state index contributed by atoms with van der Waals surface area (Å²) in [6, 6.07) is 9.22. The molecule has 0 atom stereocenters. The van der Waals surface area contributed by atoms with Crippen molar-refractivity contribution in [2.75, 3.05) is 12.4 Å². The highest BCUT2D eigenvalue weighted by Crippen LogP contribution is 2.28. The van der Waals surface area contributed by atoms with Gasteiger partial charge in [-0.25, -0.2) is 4.98 Å². The van der Waals surface area contributed by atoms with Gasteiger partial charge in [-0.15, -0.1) is 0 Å². The number of halogens is 2. The van der Waals surface area contributed by atoms with Gasteiger partial charge >= 0.3 is 0 Å². The molecule has 0 spiro atoms. The van der Waals surface area contributed by atoms with Crippen LogP contribution < -0.4 is 10.1 Å². The number of hydrogen-bond donors (Lipinski definition) is 1. The lowest BCUT2D eigenvalue weighted by atomic mass is 10.3. The summed E-state index contributed by atoms with van der Waals surface area (Å²) in [6.07, 6.45) is 1.72. The fraction of sp³-hybridized carbons (Fsp3) is 0.0833. The third kappa shape index (κ3) is 3.11. The number of anilines is 2. The molecule has 0 aliphatic rings. The van der Waals surface area contributed by atoms with E-state index in [1.165, 1.54) is 0 Å². The number of methoxy groups -OCH3 is 1. The molecule has 0 amide bonds. The molecular weight excluding hydrogens is 304 g/mol. The number of rotatable bonds is 3. The Balaban J connectivity index is 2.21. The van der Waals surface area contributed by atoms with E-state index in [9.17, 15) is 0 Å². The quantitative estimate of drug-likeness (QED) is 0.920. The number of hydrogen-bond acceptors (Lipinski definition) is 3. The van der Waals surface area contributed by atoms with E-state index in [0.717, 1.165) is 21.7 Å². The minimum absolute atomic E-state index is 0.592. The first-order chi connectivity index (χ1) is 8.19. The zero-order valence-electron chi connectivity index (χ0n) is 9.08. The highest BCUT2D eigenvalue weighted by Gasteiger charge is 2.03. The van der Waals surface area contributed by atoms with Gasteiger partial charge in [0.2, 0.25) is 0 Å². The molecule has 0 fully saturated rings. The molecule has 0 radical (unpaired) electrons. The van der Waals surface area contributed by atoms with E-state index in [4.69, 9.17) is 16.3 Å². The molecule has 2 rings (SSSR count). The Labute approximate surface area is 113 Å². The van der Waals surface area contributed by atoms with Crippen molar-refractivity contribution in [3.63, 3.8) is 0 Å². The van der Waals surface area contributed by atoms with E-state index in [-0.39, 0.29) is 0 Å². The fourth-order valence-corrected chi connectivity index (χ4v) is 1.76. The maximum absolute atomic E-state index is 6.11. The minimum Gasteiger partial charge on any atom is -0.497 e. The third-order valence-electron chi connectivity index (χ3n) is 2.17. The van der Waals surface area contributed by atoms with Crippen LogP contribution in [0.2, 0.25) is 5.02 Å². The van der Waals surface area contributed by atoms with Crippen molar-refractivity contribution in [1.29, 1.82) is 0 Å². The predicted octanol–water partition coefficient (Wildman–Crippen LogP) is 4.25. The van der Waals surface area contributed by atoms with Gasteiger partial charge in [0.25, 0.3) is 0 Å². The molecule has 1 N–H and O–H groups in total. The third-order valence-corrected chi connectivity index (χ3v) is 2.95. The molecule has 1 heterocycles. The molecule has 0 aliphatic heterocycles. The van der Waals surface area contributed by atoms with Gasteiger partial charge in [0, 0.05) is 16.7 Å². The average molecular weight is 314 g/mol. The molecule has 2 aromatic rings. The SMILES string of the molecule is COc1ccc(Nc2ccc(Br)cn2)c(Cl)c1. The Morgan fingerprint density at radius 3 is 2.71 bits per heavy atom. The Morgan fingerprint density at radius 1 is 1.29 bits per heavy atom. The van der Waals surface area contributed by atoms with Gasteiger partial charge in [-0.05, 0) is 40.2 Å². The first-order valence-electron chi connectivity index (χ1n) is 4.91. The molecule has 1 aromatic heterocycles. The zero-order chi connectivity index (χ0) is 12.3. The Morgan fingerprint density at radius 2 is 2.12 bits per heavy atom. The monoisotopic (exact) mass is 312 g/mol. The van der Waals surface area contributed by atoms with E-state index in [2.05, 4.69) is 26.2 Å². The summed E-state index contributed by atoms with van der Waals surface area (Å²) in [7, 11) is 1.61. The van der Waals surface area contributed by atoms with Crippen LogP contribution in [0.25, 0.3) is 0 Å². The van der Waals surface area contributed by atoms with Gasteiger partial charge in [-0.3, -0.25) is 0 Å². The molecule has 0 aliphatic carbocycles. The molecule has 5 heteroatoms. The molecule has 17 heavy (non-hydrogen) atoms. The van der Waals surface area contributed by atoms with Gasteiger partial charge < -0.3 is 10.1 Å². The van der Waals surface area contributed by atoms with Crippen molar-refractivity contribution in [3.05, 3.63) is 46.0 Å². The first kappa shape index (κ1) is 12.2. The summed E-state index contributed by atoms with van der Waals surface area (Å²) in [5, 5.41) is 3.72. The van der Waals surface area contributed by atoms with Gasteiger partial charge in [0.1, 0.15) is 11.6 Å². The summed E-state index contributed by atoms with van der Waals surface area (Å²) in [5.74, 6) is 1.46. The minimum atomic E-state index is 0.592. The van der Waals surface area contributed by atoms with Crippen molar-refractivity contribution in [2.24, 2.45) is 0 Å². The van der Waals surface area contributed by atoms with E-state index in [1.807, 2.05) is 24.3 Å². The van der Waals surface area contributed by atoms with Crippen molar-refractivity contribution in [3.8, 4) is 5.75 Å². The smallest absolute Gasteiger partial charge is 0.130 e. The van der Waals surface area contributed by atoms with Crippen molar-refractivity contribution < 1.29 is 4.74 Å². The lowest BCUT2D eigenvalue weighted by Crippen LogP contribution is -1.94. The van der Waals surface area contributed by atoms with Crippen LogP contribution in [0.1, 0.15) is 0 Å². The second-order valence-corrected chi connectivity index (χ2v) is 4.66. The van der Waals surface area contributed by atoms with Crippen LogP contribution in [0, 0.1) is 0 Å². The number of aromatic nitrogens is 1. The Hall–Kier alpha value is -1.26. The Kier molecular flexibility index (Phi) is 3.86. The summed E-state index contributed by atoms with van der Waals surface area (Å²) in [4.78, 5) is 4.21. The van der Waals surface area contributed by atoms with Crippen molar-refractivity contribution in [2.45, 2.75) is 0 Å². The van der Waals surface area contributed by atoms with E-state index >= 15 is 0 Å². The summed E-state index contributed by atoms with van der Waals surface area (Å²) in [6.45, 7) is 0. The molecule has 0 unspecified atom stereocenters. The normalized spacial score (nSPS) is 10.1. The highest BCUT2D eigenvalue weighted by molar-refractivity contribution is 9.10. The Bertz CT molecular complexity index is 516. The van der Waals surface area contributed by atoms with Gasteiger partial charge in [0.15, 0.2) is 0 Å². The van der Waals surface area contributed by atoms with Crippen LogP contribution in [0.3, 0.4) is 0 Å². The average Bonchev–Trinajstić information content (AvgIpc) is 2.34. The second-order valence-electron chi connectivity index (χ2n) is 3.33. The summed E-state index contributed by atoms with van der Waals surface area (Å²) in [5.41, 5.74) is 0.794. The lowest BCUT2D eigenvalue weighted by Gasteiger charge is -2.08. The molecule has 1 aromatic carbocycles. The van der Waals surface area contributed by atoms with Gasteiger partial charge in [0.05, 0.1) is 17.8 Å². The van der Waals surface area contributed by atoms with Crippen molar-refractivity contribution >= 4 is 39.0 Å². The first-order valence-corrected chi connectivity index (χ1v) is 6.08. The summed E-state index contributed by atoms with van der Waals surface area (Å²) >= 11 is 9.44. The van der Waals surface area contributed by atoms with Crippen LogP contribution in [-0.2, 0) is 0 Å². The van der Waals surface area contributed by atoms with E-state index < -0.39 is 0 Å². The maximum atomic E-state index is 6.11. The van der Waals surface area contributed by atoms with Crippen molar-refractivity contribution in [1.82, 2.24) is 4.98 Å². The van der Waals surface area contributed by atoms with Gasteiger partial charge in [-0.1, -0.05) is 11.6 Å². The second kappa shape index (κ2) is 5.38. The van der Waals surface area contributed by atoms with Crippen LogP contribution in [0.4, 0.5) is 11.5 Å². The topological polar surface area (TPSA) is 34.1 Å². The number of nitrogens with one attached hydrogen (secondary N) is 1. The molecule has 88 valence electrons. The van der Waals surface area contributed by atoms with Crippen LogP contribution >= 0.6 is 27.5 Å². The van der Waals surface area contributed by atoms with E-state index in [0.29, 0.717) is 5.02 Å². The van der Waals surface area contributed by atoms with E-state index in [1.54, 1.807) is 19.4 Å². The number of ether oxygens (including phenoxy) is 1. The summed E-state index contributed by atoms with van der Waals surface area (Å²) < 4.78 is 6.02. The van der Waals surface area contributed by atoms with Gasteiger partial charge in [-0.2, -0.15) is 0 Å². The van der Waals surface area contributed by atoms with Crippen LogP contribution in [0.15, 0.2) is 41.0 Å². The lowest BCUT2D eigenvalue weighted by molar-refractivity contribution is 0.415. The molecule has 0 saturated carbocycles. The molecule has 0 saturated heterocycles. The predicted molar refractivity (Wildman–Crippen MR) is 73.2 cm³/mol. The number of benzene rings is 1.